The van der Waals surface area contributed by atoms with Crippen molar-refractivity contribution in [2.75, 3.05) is 50.3 Å². The number of hydrogen-bond donors (Lipinski definition) is 3. The normalized spacial score (nSPS) is 14.4. The number of rotatable bonds is 7. The Morgan fingerprint density at radius 1 is 1.09 bits per heavy atom. The van der Waals surface area contributed by atoms with E-state index in [1.807, 2.05) is 24.3 Å². The molecule has 8 nitrogen and oxygen atoms in total. The summed E-state index contributed by atoms with van der Waals surface area (Å²) in [6, 6.07) is 18.0. The van der Waals surface area contributed by atoms with Gasteiger partial charge in [-0.3, -0.25) is 4.79 Å². The summed E-state index contributed by atoms with van der Waals surface area (Å²) in [5.74, 6) is 0.109. The molecular formula is C27H30N6O2. The number of nitrogens with one attached hydrogen (secondary N) is 1. The van der Waals surface area contributed by atoms with E-state index >= 15 is 0 Å². The molecule has 180 valence electrons. The number of pyridine rings is 1. The van der Waals surface area contributed by atoms with Crippen LogP contribution in [0.25, 0.3) is 22.4 Å². The fourth-order valence-corrected chi connectivity index (χ4v) is 4.31. The maximum absolute atomic E-state index is 12.6. The Morgan fingerprint density at radius 3 is 2.54 bits per heavy atom. The Balaban J connectivity index is 1.51. The largest absolute Gasteiger partial charge is 0.507 e. The van der Waals surface area contributed by atoms with Crippen LogP contribution in [-0.2, 0) is 4.79 Å². The Hall–Kier alpha value is -3.93. The molecule has 1 saturated heterocycles. The molecule has 2 aromatic carbocycles. The summed E-state index contributed by atoms with van der Waals surface area (Å²) in [5.41, 5.74) is 9.30. The van der Waals surface area contributed by atoms with Crippen LogP contribution in [0.15, 0.2) is 54.6 Å². The SMILES string of the molecule is CCN1CCN(CCC(=O)Nc2cccc(-c3cc(-c4ccccc4O)nc(N)c3C#N)c2)CC1. The summed E-state index contributed by atoms with van der Waals surface area (Å²) in [5, 5.41) is 23.0. The average molecular weight is 471 g/mol. The molecule has 4 N–H and O–H groups in total. The highest BCUT2D eigenvalue weighted by Crippen LogP contribution is 2.35. The van der Waals surface area contributed by atoms with E-state index in [9.17, 15) is 15.2 Å². The number of aromatic hydroxyl groups is 1. The molecule has 1 amide bonds. The van der Waals surface area contributed by atoms with Crippen LogP contribution < -0.4 is 11.1 Å². The van der Waals surface area contributed by atoms with E-state index in [2.05, 4.69) is 33.1 Å². The Kier molecular flexibility index (Phi) is 7.60. The molecule has 0 spiro atoms. The first kappa shape index (κ1) is 24.2. The van der Waals surface area contributed by atoms with Gasteiger partial charge in [-0.1, -0.05) is 31.2 Å². The van der Waals surface area contributed by atoms with Gasteiger partial charge >= 0.3 is 0 Å². The lowest BCUT2D eigenvalue weighted by Gasteiger charge is -2.33. The Morgan fingerprint density at radius 2 is 1.83 bits per heavy atom. The number of carbonyl (C=O) groups excluding carboxylic acids is 1. The molecule has 1 aliphatic rings. The van der Waals surface area contributed by atoms with Gasteiger partial charge in [0, 0.05) is 56.0 Å². The number of nitriles is 1. The zero-order valence-corrected chi connectivity index (χ0v) is 19.9. The number of benzene rings is 2. The molecule has 35 heavy (non-hydrogen) atoms. The molecule has 0 atom stereocenters. The van der Waals surface area contributed by atoms with Crippen LogP contribution in [0.4, 0.5) is 11.5 Å². The average Bonchev–Trinajstić information content (AvgIpc) is 2.87. The van der Waals surface area contributed by atoms with Crippen molar-refractivity contribution in [3.05, 3.63) is 60.2 Å². The van der Waals surface area contributed by atoms with Crippen molar-refractivity contribution in [1.29, 1.82) is 5.26 Å². The number of aromatic nitrogens is 1. The highest BCUT2D eigenvalue weighted by Gasteiger charge is 2.17. The van der Waals surface area contributed by atoms with Gasteiger partial charge in [0.25, 0.3) is 0 Å². The molecule has 4 rings (SSSR count). The van der Waals surface area contributed by atoms with Gasteiger partial charge in [-0.2, -0.15) is 5.26 Å². The maximum Gasteiger partial charge on any atom is 0.225 e. The molecule has 0 unspecified atom stereocenters. The van der Waals surface area contributed by atoms with Gasteiger partial charge in [-0.15, -0.1) is 0 Å². The van der Waals surface area contributed by atoms with Crippen molar-refractivity contribution >= 4 is 17.4 Å². The van der Waals surface area contributed by atoms with Gasteiger partial charge < -0.3 is 26.0 Å². The van der Waals surface area contributed by atoms with Gasteiger partial charge in [0.05, 0.1) is 5.69 Å². The van der Waals surface area contributed by atoms with Crippen LogP contribution in [0.2, 0.25) is 0 Å². The number of nitrogen functional groups attached to an aromatic ring is 1. The van der Waals surface area contributed by atoms with Crippen LogP contribution in [0, 0.1) is 11.3 Å². The predicted octanol–water partition coefficient (Wildman–Crippen LogP) is 3.54. The minimum Gasteiger partial charge on any atom is -0.507 e. The molecule has 1 fully saturated rings. The number of amides is 1. The van der Waals surface area contributed by atoms with Gasteiger partial charge in [0.15, 0.2) is 0 Å². The predicted molar refractivity (Wildman–Crippen MR) is 138 cm³/mol. The summed E-state index contributed by atoms with van der Waals surface area (Å²) >= 11 is 0. The second-order valence-corrected chi connectivity index (χ2v) is 8.60. The highest BCUT2D eigenvalue weighted by molar-refractivity contribution is 5.92. The third-order valence-corrected chi connectivity index (χ3v) is 6.36. The van der Waals surface area contributed by atoms with Crippen LogP contribution >= 0.6 is 0 Å². The summed E-state index contributed by atoms with van der Waals surface area (Å²) in [7, 11) is 0. The van der Waals surface area contributed by atoms with Crippen LogP contribution in [-0.4, -0.2) is 65.1 Å². The van der Waals surface area contributed by atoms with Crippen molar-refractivity contribution in [3.63, 3.8) is 0 Å². The zero-order valence-electron chi connectivity index (χ0n) is 19.9. The number of phenolic OH excluding ortho intramolecular Hbond substituents is 1. The van der Waals surface area contributed by atoms with E-state index in [1.165, 1.54) is 0 Å². The topological polar surface area (TPSA) is 119 Å². The summed E-state index contributed by atoms with van der Waals surface area (Å²) < 4.78 is 0. The lowest BCUT2D eigenvalue weighted by Crippen LogP contribution is -2.46. The molecule has 1 aromatic heterocycles. The van der Waals surface area contributed by atoms with E-state index in [0.717, 1.165) is 44.8 Å². The summed E-state index contributed by atoms with van der Waals surface area (Å²) in [4.78, 5) is 21.7. The minimum absolute atomic E-state index is 0.0512. The first-order valence-electron chi connectivity index (χ1n) is 11.8. The molecule has 0 radical (unpaired) electrons. The van der Waals surface area contributed by atoms with E-state index < -0.39 is 0 Å². The number of hydrogen-bond acceptors (Lipinski definition) is 7. The molecule has 2 heterocycles. The summed E-state index contributed by atoms with van der Waals surface area (Å²) in [6.07, 6.45) is 0.416. The van der Waals surface area contributed by atoms with Gasteiger partial charge in [0.2, 0.25) is 5.91 Å². The quantitative estimate of drug-likeness (QED) is 0.483. The highest BCUT2D eigenvalue weighted by atomic mass is 16.3. The van der Waals surface area contributed by atoms with Crippen LogP contribution in [0.3, 0.4) is 0 Å². The van der Waals surface area contributed by atoms with Crippen molar-refractivity contribution in [1.82, 2.24) is 14.8 Å². The molecule has 8 heteroatoms. The summed E-state index contributed by atoms with van der Waals surface area (Å²) in [6.45, 7) is 8.01. The van der Waals surface area contributed by atoms with E-state index in [-0.39, 0.29) is 23.0 Å². The van der Waals surface area contributed by atoms with E-state index in [0.29, 0.717) is 28.9 Å². The third kappa shape index (κ3) is 5.77. The minimum atomic E-state index is -0.0512. The molecule has 3 aromatic rings. The molecule has 0 bridgehead atoms. The number of piperazine rings is 1. The second kappa shape index (κ2) is 11.0. The number of likely N-dealkylation sites (N-methyl/N-ethyl adjacent to an activating group) is 1. The van der Waals surface area contributed by atoms with Gasteiger partial charge in [-0.05, 0) is 42.4 Å². The first-order valence-corrected chi connectivity index (χ1v) is 11.8. The molecule has 0 aliphatic carbocycles. The number of para-hydroxylation sites is 1. The Labute approximate surface area is 205 Å². The van der Waals surface area contributed by atoms with Crippen molar-refractivity contribution in [3.8, 4) is 34.2 Å². The van der Waals surface area contributed by atoms with E-state index in [1.54, 1.807) is 30.3 Å². The lowest BCUT2D eigenvalue weighted by atomic mass is 9.97. The van der Waals surface area contributed by atoms with Gasteiger partial charge in [0.1, 0.15) is 23.2 Å². The third-order valence-electron chi connectivity index (χ3n) is 6.36. The monoisotopic (exact) mass is 470 g/mol. The number of carbonyl (C=O) groups is 1. The maximum atomic E-state index is 12.6. The number of nitrogens with two attached hydrogens (primary N) is 1. The van der Waals surface area contributed by atoms with Crippen molar-refractivity contribution in [2.45, 2.75) is 13.3 Å². The second-order valence-electron chi connectivity index (χ2n) is 8.60. The van der Waals surface area contributed by atoms with Gasteiger partial charge in [-0.25, -0.2) is 4.98 Å². The molecule has 0 saturated carbocycles. The standard InChI is InChI=1S/C27H30N6O2/c1-2-32-12-14-33(15-13-32)11-10-26(35)30-20-7-5-6-19(16-20)22-17-24(31-27(29)23(22)18-28)21-8-3-4-9-25(21)34/h3-9,16-17,34H,2,10-15H2,1H3,(H2,29,31)(H,30,35). The number of phenols is 1. The molecule has 1 aliphatic heterocycles. The number of anilines is 2. The van der Waals surface area contributed by atoms with Crippen molar-refractivity contribution < 1.29 is 9.90 Å². The molecular weight excluding hydrogens is 440 g/mol. The fourth-order valence-electron chi connectivity index (χ4n) is 4.31. The lowest BCUT2D eigenvalue weighted by molar-refractivity contribution is -0.116. The first-order chi connectivity index (χ1) is 17.0. The van der Waals surface area contributed by atoms with E-state index in [4.69, 9.17) is 5.73 Å². The number of nitrogens with zero attached hydrogens (tertiary/aromatic N) is 4. The Bertz CT molecular complexity index is 1240. The zero-order chi connectivity index (χ0) is 24.8. The van der Waals surface area contributed by atoms with Crippen LogP contribution in [0.1, 0.15) is 18.9 Å². The van der Waals surface area contributed by atoms with Crippen molar-refractivity contribution in [2.24, 2.45) is 0 Å². The van der Waals surface area contributed by atoms with Crippen LogP contribution in [0.5, 0.6) is 5.75 Å². The fraction of sp³-hybridized carbons (Fsp3) is 0.296. The smallest absolute Gasteiger partial charge is 0.225 e.